The molecule has 4 aromatic carbocycles. The molecule has 0 saturated carbocycles. The molecule has 0 fully saturated rings. The van der Waals surface area contributed by atoms with Gasteiger partial charge in [-0.05, 0) is 70.8 Å². The van der Waals surface area contributed by atoms with Gasteiger partial charge in [0, 0.05) is 11.1 Å². The van der Waals surface area contributed by atoms with Crippen molar-refractivity contribution in [1.29, 1.82) is 0 Å². The van der Waals surface area contributed by atoms with Crippen LogP contribution in [0.5, 0.6) is 0 Å². The lowest BCUT2D eigenvalue weighted by Gasteiger charge is -2.01. The van der Waals surface area contributed by atoms with Crippen LogP contribution in [0.3, 0.4) is 0 Å². The van der Waals surface area contributed by atoms with Crippen molar-refractivity contribution in [2.45, 2.75) is 0 Å². The molecule has 0 spiro atoms. The van der Waals surface area contributed by atoms with E-state index in [0.29, 0.717) is 0 Å². The lowest BCUT2D eigenvalue weighted by Crippen LogP contribution is -1.79. The van der Waals surface area contributed by atoms with E-state index < -0.39 is 11.6 Å². The molecular weight excluding hydrogens is 438 g/mol. The maximum atomic E-state index is 12.7. The fourth-order valence-corrected chi connectivity index (χ4v) is 2.80. The maximum absolute atomic E-state index is 12.7. The maximum Gasteiger partial charge on any atom is 0.335 e. The van der Waals surface area contributed by atoms with Crippen molar-refractivity contribution in [1.82, 2.24) is 0 Å². The number of benzene rings is 4. The van der Waals surface area contributed by atoms with E-state index in [1.807, 2.05) is 48.5 Å². The average Bonchev–Trinajstić information content (AvgIpc) is 2.86. The predicted molar refractivity (Wildman–Crippen MR) is 128 cm³/mol. The molecule has 0 heterocycles. The van der Waals surface area contributed by atoms with Gasteiger partial charge in [0.1, 0.15) is 11.6 Å². The molecule has 0 unspecified atom stereocenters. The molecule has 0 radical (unpaired) electrons. The van der Waals surface area contributed by atoms with Crippen molar-refractivity contribution in [2.75, 3.05) is 0 Å². The molecule has 0 aliphatic carbocycles. The molecule has 162 valence electrons. The first-order chi connectivity index (χ1) is 16.0. The highest BCUT2D eigenvalue weighted by molar-refractivity contribution is 7.51. The number of terminal acetylenes is 2. The van der Waals surface area contributed by atoms with E-state index >= 15 is 0 Å². The quantitative estimate of drug-likeness (QED) is 0.333. The zero-order valence-corrected chi connectivity index (χ0v) is 18.2. The average molecular weight is 457 g/mol. The standard InChI is InChI=1S/2C14H9F.O2S/c2*1-2-11-3-5-12(6-4-11)13-7-9-14(15)10-8-13;1-3-2/h2*1,3-10H;. The number of halogens is 2. The largest absolute Gasteiger partial charge is 0.335 e. The molecule has 0 atom stereocenters. The smallest absolute Gasteiger partial charge is 0.207 e. The minimum absolute atomic E-state index is 0.223. The summed E-state index contributed by atoms with van der Waals surface area (Å²) in [6.45, 7) is 0. The predicted octanol–water partition coefficient (Wildman–Crippen LogP) is 6.28. The second-order valence-electron chi connectivity index (χ2n) is 6.53. The summed E-state index contributed by atoms with van der Waals surface area (Å²) in [7, 11) is 0. The van der Waals surface area contributed by atoms with Crippen molar-refractivity contribution in [3.63, 3.8) is 0 Å². The van der Waals surface area contributed by atoms with E-state index in [1.54, 1.807) is 24.3 Å². The van der Waals surface area contributed by atoms with Gasteiger partial charge in [-0.1, -0.05) is 60.4 Å². The molecule has 33 heavy (non-hydrogen) atoms. The molecule has 5 heteroatoms. The van der Waals surface area contributed by atoms with Gasteiger partial charge in [-0.3, -0.25) is 0 Å². The van der Waals surface area contributed by atoms with Gasteiger partial charge in [0.15, 0.2) is 0 Å². The fraction of sp³-hybridized carbons (Fsp3) is 0. The van der Waals surface area contributed by atoms with E-state index in [-0.39, 0.29) is 11.6 Å². The highest BCUT2D eigenvalue weighted by Gasteiger charge is 1.98. The highest BCUT2D eigenvalue weighted by Crippen LogP contribution is 2.20. The summed E-state index contributed by atoms with van der Waals surface area (Å²) in [5, 5.41) is 0. The van der Waals surface area contributed by atoms with Crippen LogP contribution in [0.4, 0.5) is 8.78 Å². The Kier molecular flexibility index (Phi) is 9.95. The first-order valence-corrected chi connectivity index (χ1v) is 10.2. The Hall–Kier alpha value is -4.32. The highest BCUT2D eigenvalue weighted by atomic mass is 32.1. The molecule has 0 amide bonds. The Labute approximate surface area is 195 Å². The fourth-order valence-electron chi connectivity index (χ4n) is 2.80. The van der Waals surface area contributed by atoms with E-state index in [0.717, 1.165) is 33.4 Å². The van der Waals surface area contributed by atoms with Gasteiger partial charge in [0.2, 0.25) is 0 Å². The summed E-state index contributed by atoms with van der Waals surface area (Å²) in [4.78, 5) is 0. The Morgan fingerprint density at radius 2 is 0.697 bits per heavy atom. The van der Waals surface area contributed by atoms with Crippen LogP contribution >= 0.6 is 0 Å². The van der Waals surface area contributed by atoms with Crippen LogP contribution in [-0.2, 0) is 11.6 Å². The monoisotopic (exact) mass is 456 g/mol. The van der Waals surface area contributed by atoms with Crippen molar-refractivity contribution in [2.24, 2.45) is 0 Å². The van der Waals surface area contributed by atoms with Gasteiger partial charge in [-0.15, -0.1) is 12.8 Å². The van der Waals surface area contributed by atoms with Crippen LogP contribution in [0.25, 0.3) is 22.3 Å². The number of hydrogen-bond acceptors (Lipinski definition) is 2. The van der Waals surface area contributed by atoms with E-state index in [2.05, 4.69) is 11.8 Å². The topological polar surface area (TPSA) is 34.1 Å². The Balaban J connectivity index is 0.000000209. The lowest BCUT2D eigenvalue weighted by atomic mass is 10.0. The van der Waals surface area contributed by atoms with Crippen LogP contribution in [0.1, 0.15) is 11.1 Å². The van der Waals surface area contributed by atoms with Crippen molar-refractivity contribution < 1.29 is 17.2 Å². The molecule has 4 aromatic rings. The molecule has 0 aliphatic heterocycles. The third kappa shape index (κ3) is 8.03. The van der Waals surface area contributed by atoms with Gasteiger partial charge < -0.3 is 0 Å². The molecule has 0 saturated heterocycles. The normalized spacial score (nSPS) is 9.09. The first kappa shape index (κ1) is 24.9. The summed E-state index contributed by atoms with van der Waals surface area (Å²) < 4.78 is 42.0. The van der Waals surface area contributed by atoms with Crippen LogP contribution in [0, 0.1) is 36.3 Å². The zero-order chi connectivity index (χ0) is 24.1. The third-order valence-electron chi connectivity index (χ3n) is 4.46. The molecule has 0 aromatic heterocycles. The molecular formula is C28H18F2O2S. The molecule has 0 bridgehead atoms. The Morgan fingerprint density at radius 3 is 0.909 bits per heavy atom. The Morgan fingerprint density at radius 1 is 0.485 bits per heavy atom. The van der Waals surface area contributed by atoms with Crippen LogP contribution in [-0.4, -0.2) is 8.42 Å². The van der Waals surface area contributed by atoms with E-state index in [9.17, 15) is 8.78 Å². The summed E-state index contributed by atoms with van der Waals surface area (Å²) in [6, 6.07) is 28.0. The molecule has 0 aliphatic rings. The van der Waals surface area contributed by atoms with Crippen molar-refractivity contribution in [3.8, 4) is 46.9 Å². The van der Waals surface area contributed by atoms with E-state index in [1.165, 1.54) is 24.3 Å². The SMILES string of the molecule is C#Cc1ccc(-c2ccc(F)cc2)cc1.C#Cc1ccc(-c2ccc(F)cc2)cc1.O=S=O. The second kappa shape index (κ2) is 13.2. The number of hydrogen-bond donors (Lipinski definition) is 0. The zero-order valence-electron chi connectivity index (χ0n) is 17.4. The van der Waals surface area contributed by atoms with Crippen LogP contribution in [0.15, 0.2) is 97.1 Å². The summed E-state index contributed by atoms with van der Waals surface area (Å²) in [6.07, 6.45) is 10.5. The molecule has 0 N–H and O–H groups in total. The van der Waals surface area contributed by atoms with Gasteiger partial charge in [-0.25, -0.2) is 8.78 Å². The summed E-state index contributed by atoms with van der Waals surface area (Å²) in [5.74, 6) is 4.66. The first-order valence-electron chi connectivity index (χ1n) is 9.57. The van der Waals surface area contributed by atoms with Gasteiger partial charge >= 0.3 is 11.6 Å². The Bertz CT molecular complexity index is 1180. The van der Waals surface area contributed by atoms with Gasteiger partial charge in [0.05, 0.1) is 0 Å². The summed E-state index contributed by atoms with van der Waals surface area (Å²) in [5.41, 5.74) is 5.74. The third-order valence-corrected chi connectivity index (χ3v) is 4.46. The van der Waals surface area contributed by atoms with Gasteiger partial charge in [-0.2, -0.15) is 8.42 Å². The van der Waals surface area contributed by atoms with E-state index in [4.69, 9.17) is 21.3 Å². The minimum atomic E-state index is -0.750. The minimum Gasteiger partial charge on any atom is -0.207 e. The van der Waals surface area contributed by atoms with Crippen LogP contribution < -0.4 is 0 Å². The molecule has 4 rings (SSSR count). The van der Waals surface area contributed by atoms with Gasteiger partial charge in [0.25, 0.3) is 0 Å². The van der Waals surface area contributed by atoms with Crippen molar-refractivity contribution in [3.05, 3.63) is 120 Å². The second-order valence-corrected chi connectivity index (χ2v) is 6.66. The summed E-state index contributed by atoms with van der Waals surface area (Å²) >= 11 is -0.750. The van der Waals surface area contributed by atoms with Crippen LogP contribution in [0.2, 0.25) is 0 Å². The molecule has 2 nitrogen and oxygen atoms in total. The van der Waals surface area contributed by atoms with Crippen molar-refractivity contribution >= 4 is 11.6 Å². The number of rotatable bonds is 2. The lowest BCUT2D eigenvalue weighted by molar-refractivity contribution is 0.627.